The molecule has 0 saturated carbocycles. The van der Waals surface area contributed by atoms with Crippen LogP contribution in [0.15, 0.2) is 24.3 Å². The molecule has 1 aliphatic rings. The van der Waals surface area contributed by atoms with Gasteiger partial charge in [0.1, 0.15) is 6.10 Å². The zero-order valence-electron chi connectivity index (χ0n) is 12.4. The van der Waals surface area contributed by atoms with Crippen LogP contribution < -0.4 is 5.32 Å². The molecule has 1 aliphatic heterocycles. The summed E-state index contributed by atoms with van der Waals surface area (Å²) in [6.07, 6.45) is -0.982. The van der Waals surface area contributed by atoms with Crippen LogP contribution in [0.2, 0.25) is 0 Å². The van der Waals surface area contributed by atoms with Crippen molar-refractivity contribution in [3.8, 4) is 0 Å². The summed E-state index contributed by atoms with van der Waals surface area (Å²) in [7, 11) is 3.32. The second-order valence-electron chi connectivity index (χ2n) is 5.30. The second-order valence-corrected chi connectivity index (χ2v) is 5.30. The van der Waals surface area contributed by atoms with E-state index in [1.807, 2.05) is 0 Å². The first-order chi connectivity index (χ1) is 10.4. The smallest absolute Gasteiger partial charge is 0.332 e. The summed E-state index contributed by atoms with van der Waals surface area (Å²) in [6.45, 7) is 0. The largest absolute Gasteiger partial charge is 0.479 e. The van der Waals surface area contributed by atoms with E-state index in [0.29, 0.717) is 24.1 Å². The van der Waals surface area contributed by atoms with Crippen LogP contribution >= 0.6 is 0 Å². The Balaban J connectivity index is 1.95. The number of nitrogens with zero attached hydrogens (tertiary/aromatic N) is 1. The molecule has 0 aliphatic carbocycles. The third kappa shape index (κ3) is 3.62. The maximum Gasteiger partial charge on any atom is 0.332 e. The number of carboxylic acid groups (broad SMARTS) is 1. The van der Waals surface area contributed by atoms with E-state index >= 15 is 0 Å². The lowest BCUT2D eigenvalue weighted by atomic mass is 10.1. The van der Waals surface area contributed by atoms with Gasteiger partial charge in [-0.15, -0.1) is 0 Å². The van der Waals surface area contributed by atoms with Crippen LogP contribution in [0.25, 0.3) is 0 Å². The van der Waals surface area contributed by atoms with Gasteiger partial charge in [0.15, 0.2) is 6.10 Å². The number of hydrogen-bond donors (Lipinski definition) is 2. The fraction of sp³-hybridized carbons (Fsp3) is 0.400. The average Bonchev–Trinajstić information content (AvgIpc) is 2.97. The summed E-state index contributed by atoms with van der Waals surface area (Å²) in [4.78, 5) is 36.0. The van der Waals surface area contributed by atoms with Crippen LogP contribution in [-0.4, -0.2) is 54.1 Å². The molecule has 7 nitrogen and oxygen atoms in total. The molecule has 2 atom stereocenters. The second kappa shape index (κ2) is 6.57. The Labute approximate surface area is 127 Å². The number of rotatable bonds is 4. The van der Waals surface area contributed by atoms with E-state index in [2.05, 4.69) is 5.32 Å². The summed E-state index contributed by atoms with van der Waals surface area (Å²) < 4.78 is 5.18. The molecule has 0 bridgehead atoms. The third-order valence-corrected chi connectivity index (χ3v) is 3.39. The minimum Gasteiger partial charge on any atom is -0.479 e. The highest BCUT2D eigenvalue weighted by molar-refractivity contribution is 5.97. The first-order valence-corrected chi connectivity index (χ1v) is 6.89. The summed E-state index contributed by atoms with van der Waals surface area (Å²) >= 11 is 0. The van der Waals surface area contributed by atoms with E-state index in [-0.39, 0.29) is 11.8 Å². The third-order valence-electron chi connectivity index (χ3n) is 3.39. The number of carbonyl (C=O) groups is 3. The van der Waals surface area contributed by atoms with E-state index in [9.17, 15) is 14.4 Å². The van der Waals surface area contributed by atoms with Crippen molar-refractivity contribution in [2.75, 3.05) is 19.4 Å². The van der Waals surface area contributed by atoms with Crippen molar-refractivity contribution in [3.05, 3.63) is 29.8 Å². The lowest BCUT2D eigenvalue weighted by molar-refractivity contribution is -0.150. The number of ether oxygens (including phenoxy) is 1. The van der Waals surface area contributed by atoms with E-state index in [1.165, 1.54) is 4.90 Å². The molecule has 0 unspecified atom stereocenters. The van der Waals surface area contributed by atoms with Crippen LogP contribution in [0.3, 0.4) is 0 Å². The molecule has 1 aromatic rings. The number of amides is 2. The van der Waals surface area contributed by atoms with Gasteiger partial charge >= 0.3 is 5.97 Å². The predicted molar refractivity (Wildman–Crippen MR) is 78.6 cm³/mol. The maximum atomic E-state index is 12.0. The van der Waals surface area contributed by atoms with E-state index in [0.717, 1.165) is 0 Å². The lowest BCUT2D eigenvalue weighted by Gasteiger charge is -2.13. The zero-order chi connectivity index (χ0) is 16.3. The van der Waals surface area contributed by atoms with Gasteiger partial charge in [0.25, 0.3) is 11.8 Å². The maximum absolute atomic E-state index is 12.0. The Morgan fingerprint density at radius 1 is 1.14 bits per heavy atom. The lowest BCUT2D eigenvalue weighted by Crippen LogP contribution is -2.30. The molecule has 1 heterocycles. The van der Waals surface area contributed by atoms with Gasteiger partial charge in [0.2, 0.25) is 0 Å². The fourth-order valence-corrected chi connectivity index (χ4v) is 2.19. The number of carboxylic acids is 1. The molecular weight excluding hydrogens is 288 g/mol. The monoisotopic (exact) mass is 306 g/mol. The molecule has 0 radical (unpaired) electrons. The minimum atomic E-state index is -1.05. The van der Waals surface area contributed by atoms with Gasteiger partial charge in [-0.25, -0.2) is 4.79 Å². The predicted octanol–water partition coefficient (Wildman–Crippen LogP) is 0.959. The van der Waals surface area contributed by atoms with Gasteiger partial charge in [-0.05, 0) is 37.1 Å². The Kier molecular flexibility index (Phi) is 4.77. The molecule has 1 aromatic carbocycles. The summed E-state index contributed by atoms with van der Waals surface area (Å²) in [5.74, 6) is -1.56. The van der Waals surface area contributed by atoms with Crippen molar-refractivity contribution in [1.82, 2.24) is 4.90 Å². The van der Waals surface area contributed by atoms with Crippen molar-refractivity contribution in [3.63, 3.8) is 0 Å². The Bertz CT molecular complexity index is 582. The molecule has 2 amide bonds. The molecule has 2 N–H and O–H groups in total. The molecule has 0 spiro atoms. The normalized spacial score (nSPS) is 20.5. The van der Waals surface area contributed by atoms with Gasteiger partial charge in [-0.3, -0.25) is 9.59 Å². The number of benzene rings is 1. The number of anilines is 1. The van der Waals surface area contributed by atoms with Crippen LogP contribution in [0.1, 0.15) is 23.2 Å². The van der Waals surface area contributed by atoms with Crippen LogP contribution in [0, 0.1) is 0 Å². The molecule has 0 aromatic heterocycles. The first kappa shape index (κ1) is 16.0. The Hall–Kier alpha value is -2.41. The SMILES string of the molecule is CN(C)C(=O)c1ccc(NC(=O)[C@@H]2CC[C@H](C(=O)O)O2)cc1. The highest BCUT2D eigenvalue weighted by atomic mass is 16.5. The molecule has 22 heavy (non-hydrogen) atoms. The topological polar surface area (TPSA) is 95.9 Å². The molecule has 1 saturated heterocycles. The van der Waals surface area contributed by atoms with E-state index < -0.39 is 18.2 Å². The average molecular weight is 306 g/mol. The number of nitrogens with one attached hydrogen (secondary N) is 1. The van der Waals surface area contributed by atoms with Gasteiger partial charge < -0.3 is 20.1 Å². The number of aliphatic carboxylic acids is 1. The molecule has 1 fully saturated rings. The number of carbonyl (C=O) groups excluding carboxylic acids is 2. The fourth-order valence-electron chi connectivity index (χ4n) is 2.19. The quantitative estimate of drug-likeness (QED) is 0.863. The van der Waals surface area contributed by atoms with Crippen molar-refractivity contribution >= 4 is 23.5 Å². The Morgan fingerprint density at radius 2 is 1.73 bits per heavy atom. The Morgan fingerprint density at radius 3 is 2.23 bits per heavy atom. The minimum absolute atomic E-state index is 0.124. The van der Waals surface area contributed by atoms with Crippen molar-refractivity contribution in [2.45, 2.75) is 25.0 Å². The van der Waals surface area contributed by atoms with Crippen LogP contribution in [0.5, 0.6) is 0 Å². The molecular formula is C15H18N2O5. The van der Waals surface area contributed by atoms with E-state index in [1.54, 1.807) is 38.4 Å². The standard InChI is InChI=1S/C15H18N2O5/c1-17(2)14(19)9-3-5-10(6-4-9)16-13(18)11-7-8-12(22-11)15(20)21/h3-6,11-12H,7-8H2,1-2H3,(H,16,18)(H,20,21)/t11-,12+/m0/s1. The van der Waals surface area contributed by atoms with Crippen LogP contribution in [0.4, 0.5) is 5.69 Å². The van der Waals surface area contributed by atoms with Gasteiger partial charge in [0, 0.05) is 25.3 Å². The van der Waals surface area contributed by atoms with Gasteiger partial charge in [-0.1, -0.05) is 0 Å². The molecule has 118 valence electrons. The zero-order valence-corrected chi connectivity index (χ0v) is 12.4. The highest BCUT2D eigenvalue weighted by Gasteiger charge is 2.34. The summed E-state index contributed by atoms with van der Waals surface area (Å²) in [6, 6.07) is 6.48. The van der Waals surface area contributed by atoms with E-state index in [4.69, 9.17) is 9.84 Å². The van der Waals surface area contributed by atoms with Crippen LogP contribution in [-0.2, 0) is 14.3 Å². The van der Waals surface area contributed by atoms with Crippen molar-refractivity contribution in [1.29, 1.82) is 0 Å². The molecule has 2 rings (SSSR count). The van der Waals surface area contributed by atoms with Gasteiger partial charge in [-0.2, -0.15) is 0 Å². The summed E-state index contributed by atoms with van der Waals surface area (Å²) in [5.41, 5.74) is 1.05. The highest BCUT2D eigenvalue weighted by Crippen LogP contribution is 2.21. The number of hydrogen-bond acceptors (Lipinski definition) is 4. The van der Waals surface area contributed by atoms with Crippen molar-refractivity contribution < 1.29 is 24.2 Å². The summed E-state index contributed by atoms with van der Waals surface area (Å²) in [5, 5.41) is 11.5. The van der Waals surface area contributed by atoms with Crippen molar-refractivity contribution in [2.24, 2.45) is 0 Å². The molecule has 7 heteroatoms. The van der Waals surface area contributed by atoms with Gasteiger partial charge in [0.05, 0.1) is 0 Å². The first-order valence-electron chi connectivity index (χ1n) is 6.89.